The molecule has 0 aromatic carbocycles. The maximum Gasteiger partial charge on any atom is 0.150 e. The molecular weight excluding hydrogens is 270 g/mol. The number of halogens is 1. The SMILES string of the molecule is CC1CCCn2c(C3CCN(C(C)C)CC3)nc(Cl)c21. The largest absolute Gasteiger partial charge is 0.330 e. The molecule has 2 aliphatic heterocycles. The Bertz CT molecular complexity index is 472. The van der Waals surface area contributed by atoms with Crippen LogP contribution < -0.4 is 0 Å². The summed E-state index contributed by atoms with van der Waals surface area (Å²) in [5.74, 6) is 2.43. The van der Waals surface area contributed by atoms with Gasteiger partial charge in [0.1, 0.15) is 5.82 Å². The van der Waals surface area contributed by atoms with Gasteiger partial charge in [-0.1, -0.05) is 18.5 Å². The maximum absolute atomic E-state index is 6.41. The van der Waals surface area contributed by atoms with Gasteiger partial charge in [-0.3, -0.25) is 0 Å². The quantitative estimate of drug-likeness (QED) is 0.821. The van der Waals surface area contributed by atoms with Crippen LogP contribution in [-0.2, 0) is 6.54 Å². The van der Waals surface area contributed by atoms with Crippen molar-refractivity contribution in [3.05, 3.63) is 16.7 Å². The van der Waals surface area contributed by atoms with E-state index in [1.165, 1.54) is 50.3 Å². The number of likely N-dealkylation sites (tertiary alicyclic amines) is 1. The molecular formula is C16H26ClN3. The highest BCUT2D eigenvalue weighted by molar-refractivity contribution is 6.30. The van der Waals surface area contributed by atoms with E-state index >= 15 is 0 Å². The highest BCUT2D eigenvalue weighted by atomic mass is 35.5. The van der Waals surface area contributed by atoms with Crippen molar-refractivity contribution in [2.75, 3.05) is 13.1 Å². The van der Waals surface area contributed by atoms with Gasteiger partial charge in [0.05, 0.1) is 5.69 Å². The van der Waals surface area contributed by atoms with E-state index in [-0.39, 0.29) is 0 Å². The van der Waals surface area contributed by atoms with E-state index in [0.717, 1.165) is 11.7 Å². The highest BCUT2D eigenvalue weighted by Crippen LogP contribution is 2.37. The van der Waals surface area contributed by atoms with Crippen LogP contribution in [0.3, 0.4) is 0 Å². The number of imidazole rings is 1. The zero-order chi connectivity index (χ0) is 14.3. The number of aromatic nitrogens is 2. The van der Waals surface area contributed by atoms with Gasteiger partial charge in [0.25, 0.3) is 0 Å². The molecule has 0 amide bonds. The van der Waals surface area contributed by atoms with Gasteiger partial charge in [0.2, 0.25) is 0 Å². The van der Waals surface area contributed by atoms with Gasteiger partial charge in [0, 0.05) is 18.5 Å². The Balaban J connectivity index is 1.80. The summed E-state index contributed by atoms with van der Waals surface area (Å²) in [7, 11) is 0. The molecule has 1 unspecified atom stereocenters. The van der Waals surface area contributed by atoms with Gasteiger partial charge in [0.15, 0.2) is 5.15 Å². The van der Waals surface area contributed by atoms with E-state index in [9.17, 15) is 0 Å². The van der Waals surface area contributed by atoms with E-state index in [4.69, 9.17) is 16.6 Å². The summed E-state index contributed by atoms with van der Waals surface area (Å²) in [5.41, 5.74) is 1.29. The second kappa shape index (κ2) is 5.69. The summed E-state index contributed by atoms with van der Waals surface area (Å²) in [6.07, 6.45) is 4.95. The predicted molar refractivity (Wildman–Crippen MR) is 83.6 cm³/mol. The van der Waals surface area contributed by atoms with E-state index < -0.39 is 0 Å². The summed E-state index contributed by atoms with van der Waals surface area (Å²) < 4.78 is 2.44. The highest BCUT2D eigenvalue weighted by Gasteiger charge is 2.30. The lowest BCUT2D eigenvalue weighted by molar-refractivity contribution is 0.168. The fourth-order valence-electron chi connectivity index (χ4n) is 3.84. The maximum atomic E-state index is 6.41. The summed E-state index contributed by atoms with van der Waals surface area (Å²) in [4.78, 5) is 7.32. The van der Waals surface area contributed by atoms with Crippen molar-refractivity contribution < 1.29 is 0 Å². The van der Waals surface area contributed by atoms with Crippen molar-refractivity contribution in [3.63, 3.8) is 0 Å². The smallest absolute Gasteiger partial charge is 0.150 e. The van der Waals surface area contributed by atoms with Crippen LogP contribution in [0.5, 0.6) is 0 Å². The fraction of sp³-hybridized carbons (Fsp3) is 0.812. The van der Waals surface area contributed by atoms with Gasteiger partial charge in [-0.05, 0) is 58.5 Å². The number of nitrogens with zero attached hydrogens (tertiary/aromatic N) is 3. The Morgan fingerprint density at radius 1 is 1.15 bits per heavy atom. The lowest BCUT2D eigenvalue weighted by Crippen LogP contribution is -2.38. The van der Waals surface area contributed by atoms with Crippen LogP contribution in [0.4, 0.5) is 0 Å². The third kappa shape index (κ3) is 2.50. The number of hydrogen-bond acceptors (Lipinski definition) is 2. The zero-order valence-corrected chi connectivity index (χ0v) is 13.7. The third-order valence-electron chi connectivity index (χ3n) is 5.10. The van der Waals surface area contributed by atoms with Crippen LogP contribution in [-0.4, -0.2) is 33.6 Å². The monoisotopic (exact) mass is 295 g/mol. The van der Waals surface area contributed by atoms with Crippen molar-refractivity contribution in [2.45, 2.75) is 70.9 Å². The Morgan fingerprint density at radius 2 is 1.85 bits per heavy atom. The molecule has 0 radical (unpaired) electrons. The lowest BCUT2D eigenvalue weighted by atomic mass is 9.94. The third-order valence-corrected chi connectivity index (χ3v) is 5.38. The minimum atomic E-state index is 0.563. The molecule has 0 bridgehead atoms. The molecule has 1 atom stereocenters. The van der Waals surface area contributed by atoms with E-state index in [1.54, 1.807) is 0 Å². The predicted octanol–water partition coefficient (Wildman–Crippen LogP) is 4.02. The minimum Gasteiger partial charge on any atom is -0.330 e. The van der Waals surface area contributed by atoms with Crippen molar-refractivity contribution in [1.29, 1.82) is 0 Å². The molecule has 0 aliphatic carbocycles. The van der Waals surface area contributed by atoms with E-state index in [2.05, 4.69) is 30.2 Å². The van der Waals surface area contributed by atoms with E-state index in [0.29, 0.717) is 17.9 Å². The van der Waals surface area contributed by atoms with Gasteiger partial charge in [-0.15, -0.1) is 0 Å². The molecule has 20 heavy (non-hydrogen) atoms. The first-order chi connectivity index (χ1) is 9.58. The second-order valence-corrected chi connectivity index (χ2v) is 7.10. The van der Waals surface area contributed by atoms with Crippen LogP contribution in [0, 0.1) is 0 Å². The molecule has 3 heterocycles. The molecule has 112 valence electrons. The molecule has 3 rings (SSSR count). The molecule has 1 aromatic heterocycles. The van der Waals surface area contributed by atoms with Crippen LogP contribution in [0.1, 0.15) is 69.8 Å². The van der Waals surface area contributed by atoms with E-state index in [1.807, 2.05) is 0 Å². The Kier molecular flexibility index (Phi) is 4.09. The lowest BCUT2D eigenvalue weighted by Gasteiger charge is -2.35. The molecule has 0 saturated carbocycles. The standard InChI is InChI=1S/C16H26ClN3/c1-11(2)19-9-6-13(7-10-19)16-18-15(17)14-12(3)5-4-8-20(14)16/h11-13H,4-10H2,1-3H3. The van der Waals surface area contributed by atoms with Crippen LogP contribution in [0.25, 0.3) is 0 Å². The minimum absolute atomic E-state index is 0.563. The topological polar surface area (TPSA) is 21.1 Å². The molecule has 0 spiro atoms. The summed E-state index contributed by atoms with van der Waals surface area (Å²) >= 11 is 6.41. The summed E-state index contributed by atoms with van der Waals surface area (Å²) in [6, 6.07) is 0.661. The van der Waals surface area contributed by atoms with Gasteiger partial charge in [-0.2, -0.15) is 0 Å². The van der Waals surface area contributed by atoms with Gasteiger partial charge < -0.3 is 9.47 Å². The average molecular weight is 296 g/mol. The van der Waals surface area contributed by atoms with Crippen molar-refractivity contribution in [3.8, 4) is 0 Å². The fourth-order valence-corrected chi connectivity index (χ4v) is 4.21. The first-order valence-electron chi connectivity index (χ1n) is 8.07. The Labute approximate surface area is 127 Å². The molecule has 1 aromatic rings. The summed E-state index contributed by atoms with van der Waals surface area (Å²) in [6.45, 7) is 10.4. The first kappa shape index (κ1) is 14.4. The van der Waals surface area contributed by atoms with Gasteiger partial charge in [-0.25, -0.2) is 4.98 Å². The molecule has 1 fully saturated rings. The number of hydrogen-bond donors (Lipinski definition) is 0. The van der Waals surface area contributed by atoms with Crippen LogP contribution in [0.15, 0.2) is 0 Å². The summed E-state index contributed by atoms with van der Waals surface area (Å²) in [5, 5.41) is 0.762. The number of piperidine rings is 1. The van der Waals surface area contributed by atoms with Crippen LogP contribution in [0.2, 0.25) is 5.15 Å². The normalized spacial score (nSPS) is 25.1. The van der Waals surface area contributed by atoms with Gasteiger partial charge >= 0.3 is 0 Å². The Hall–Kier alpha value is -0.540. The average Bonchev–Trinajstić information content (AvgIpc) is 2.77. The molecule has 2 aliphatic rings. The molecule has 1 saturated heterocycles. The van der Waals surface area contributed by atoms with Crippen LogP contribution >= 0.6 is 11.6 Å². The van der Waals surface area contributed by atoms with Crippen molar-refractivity contribution in [1.82, 2.24) is 14.5 Å². The molecule has 4 heteroatoms. The molecule has 0 N–H and O–H groups in total. The first-order valence-corrected chi connectivity index (χ1v) is 8.45. The van der Waals surface area contributed by atoms with Crippen molar-refractivity contribution in [2.24, 2.45) is 0 Å². The second-order valence-electron chi connectivity index (χ2n) is 6.74. The zero-order valence-electron chi connectivity index (χ0n) is 12.9. The number of rotatable bonds is 2. The number of fused-ring (bicyclic) bond motifs is 1. The Morgan fingerprint density at radius 3 is 2.50 bits per heavy atom. The van der Waals surface area contributed by atoms with Crippen molar-refractivity contribution >= 4 is 11.6 Å². The molecule has 3 nitrogen and oxygen atoms in total.